The van der Waals surface area contributed by atoms with E-state index in [0.29, 0.717) is 12.0 Å². The predicted molar refractivity (Wildman–Crippen MR) is 78.9 cm³/mol. The molecule has 1 saturated heterocycles. The molecule has 1 amide bonds. The summed E-state index contributed by atoms with van der Waals surface area (Å²) in [5.41, 5.74) is 0.826. The van der Waals surface area contributed by atoms with Crippen LogP contribution >= 0.6 is 0 Å². The number of benzene rings is 1. The van der Waals surface area contributed by atoms with E-state index >= 15 is 0 Å². The second-order valence-corrected chi connectivity index (χ2v) is 5.82. The van der Waals surface area contributed by atoms with Gasteiger partial charge in [-0.1, -0.05) is 12.8 Å². The van der Waals surface area contributed by atoms with Crippen LogP contribution in [0.1, 0.15) is 32.1 Å². The molecule has 0 radical (unpaired) electrons. The normalized spacial score (nSPS) is 28.8. The maximum absolute atomic E-state index is 12.3. The summed E-state index contributed by atoms with van der Waals surface area (Å²) in [6.07, 6.45) is 6.07. The van der Waals surface area contributed by atoms with Gasteiger partial charge < -0.3 is 15.4 Å². The number of carbonyl (C=O) groups excluding carboxylic acids is 1. The van der Waals surface area contributed by atoms with E-state index in [0.717, 1.165) is 17.9 Å². The van der Waals surface area contributed by atoms with Gasteiger partial charge in [0.2, 0.25) is 5.91 Å². The van der Waals surface area contributed by atoms with E-state index in [2.05, 4.69) is 10.6 Å². The van der Waals surface area contributed by atoms with Crippen LogP contribution in [-0.4, -0.2) is 25.1 Å². The second-order valence-electron chi connectivity index (χ2n) is 5.82. The zero-order chi connectivity index (χ0) is 13.9. The Kier molecular flexibility index (Phi) is 3.92. The van der Waals surface area contributed by atoms with Crippen LogP contribution in [0.2, 0.25) is 0 Å². The van der Waals surface area contributed by atoms with Gasteiger partial charge in [0.05, 0.1) is 13.2 Å². The van der Waals surface area contributed by atoms with Gasteiger partial charge in [-0.05, 0) is 49.4 Å². The molecule has 1 saturated carbocycles. The molecule has 2 aliphatic rings. The first kappa shape index (κ1) is 13.4. The first-order chi connectivity index (χ1) is 9.76. The van der Waals surface area contributed by atoms with Crippen molar-refractivity contribution in [3.63, 3.8) is 0 Å². The van der Waals surface area contributed by atoms with Crippen LogP contribution in [0.3, 0.4) is 0 Å². The Hall–Kier alpha value is -1.55. The Labute approximate surface area is 119 Å². The molecule has 2 N–H and O–H groups in total. The Bertz CT molecular complexity index is 458. The van der Waals surface area contributed by atoms with Gasteiger partial charge in [0.15, 0.2) is 0 Å². The van der Waals surface area contributed by atoms with Gasteiger partial charge in [0.1, 0.15) is 5.75 Å². The van der Waals surface area contributed by atoms with E-state index in [1.165, 1.54) is 25.7 Å². The van der Waals surface area contributed by atoms with Crippen molar-refractivity contribution in [2.24, 2.45) is 5.92 Å². The van der Waals surface area contributed by atoms with Crippen LogP contribution in [0.25, 0.3) is 0 Å². The number of carbonyl (C=O) groups is 1. The van der Waals surface area contributed by atoms with Crippen LogP contribution in [-0.2, 0) is 4.79 Å². The monoisotopic (exact) mass is 274 g/mol. The first-order valence-corrected chi connectivity index (χ1v) is 7.47. The minimum atomic E-state index is -0.0369. The number of methoxy groups -OCH3 is 1. The third kappa shape index (κ3) is 2.80. The van der Waals surface area contributed by atoms with Crippen LogP contribution in [0.15, 0.2) is 24.3 Å². The molecule has 1 aromatic rings. The zero-order valence-corrected chi connectivity index (χ0v) is 11.9. The quantitative estimate of drug-likeness (QED) is 0.890. The lowest BCUT2D eigenvalue weighted by molar-refractivity contribution is -0.117. The Morgan fingerprint density at radius 3 is 2.70 bits per heavy atom. The van der Waals surface area contributed by atoms with Crippen LogP contribution in [0, 0.1) is 5.92 Å². The van der Waals surface area contributed by atoms with Gasteiger partial charge in [0.25, 0.3) is 0 Å². The number of rotatable bonds is 3. The van der Waals surface area contributed by atoms with Crippen molar-refractivity contribution < 1.29 is 9.53 Å². The highest BCUT2D eigenvalue weighted by Gasteiger charge is 2.38. The van der Waals surface area contributed by atoms with E-state index in [1.807, 2.05) is 24.3 Å². The van der Waals surface area contributed by atoms with Gasteiger partial charge in [-0.15, -0.1) is 0 Å². The second kappa shape index (κ2) is 5.83. The smallest absolute Gasteiger partial charge is 0.241 e. The van der Waals surface area contributed by atoms with Crippen molar-refractivity contribution in [1.29, 1.82) is 0 Å². The fourth-order valence-corrected chi connectivity index (χ4v) is 3.42. The van der Waals surface area contributed by atoms with Gasteiger partial charge in [-0.2, -0.15) is 0 Å². The number of nitrogens with one attached hydrogen (secondary N) is 2. The Morgan fingerprint density at radius 1 is 1.25 bits per heavy atom. The molecule has 3 unspecified atom stereocenters. The topological polar surface area (TPSA) is 50.4 Å². The summed E-state index contributed by atoms with van der Waals surface area (Å²) < 4.78 is 5.11. The highest BCUT2D eigenvalue weighted by molar-refractivity contribution is 5.95. The van der Waals surface area contributed by atoms with Crippen molar-refractivity contribution >= 4 is 11.6 Å². The number of ether oxygens (including phenoxy) is 1. The summed E-state index contributed by atoms with van der Waals surface area (Å²) in [4.78, 5) is 12.3. The summed E-state index contributed by atoms with van der Waals surface area (Å²) in [6.45, 7) is 0. The van der Waals surface area contributed by atoms with E-state index < -0.39 is 0 Å². The molecule has 1 aromatic carbocycles. The fraction of sp³-hybridized carbons (Fsp3) is 0.562. The van der Waals surface area contributed by atoms with Crippen molar-refractivity contribution in [2.45, 2.75) is 44.2 Å². The molecule has 20 heavy (non-hydrogen) atoms. The van der Waals surface area contributed by atoms with Crippen molar-refractivity contribution in [3.8, 4) is 5.75 Å². The largest absolute Gasteiger partial charge is 0.497 e. The van der Waals surface area contributed by atoms with Crippen LogP contribution in [0.5, 0.6) is 5.75 Å². The van der Waals surface area contributed by atoms with E-state index in [4.69, 9.17) is 4.74 Å². The van der Waals surface area contributed by atoms with Crippen molar-refractivity contribution in [3.05, 3.63) is 24.3 Å². The molecular formula is C16H22N2O2. The molecule has 4 nitrogen and oxygen atoms in total. The fourth-order valence-electron chi connectivity index (χ4n) is 3.42. The van der Waals surface area contributed by atoms with E-state index in [1.54, 1.807) is 7.11 Å². The predicted octanol–water partition coefficient (Wildman–Crippen LogP) is 2.55. The molecule has 1 heterocycles. The van der Waals surface area contributed by atoms with Crippen LogP contribution < -0.4 is 15.4 Å². The number of hydrogen-bond donors (Lipinski definition) is 2. The average Bonchev–Trinajstić information content (AvgIpc) is 2.92. The zero-order valence-electron chi connectivity index (χ0n) is 11.9. The van der Waals surface area contributed by atoms with Crippen molar-refractivity contribution in [1.82, 2.24) is 5.32 Å². The van der Waals surface area contributed by atoms with E-state index in [9.17, 15) is 4.79 Å². The lowest BCUT2D eigenvalue weighted by atomic mass is 9.85. The minimum Gasteiger partial charge on any atom is -0.497 e. The van der Waals surface area contributed by atoms with Gasteiger partial charge in [-0.3, -0.25) is 4.79 Å². The van der Waals surface area contributed by atoms with E-state index in [-0.39, 0.29) is 11.9 Å². The highest BCUT2D eigenvalue weighted by Crippen LogP contribution is 2.33. The SMILES string of the molecule is COc1ccc(NC(=O)C2CC3CCCCC3N2)cc1. The number of amides is 1. The first-order valence-electron chi connectivity index (χ1n) is 7.47. The summed E-state index contributed by atoms with van der Waals surface area (Å²) in [5.74, 6) is 1.58. The molecule has 0 spiro atoms. The molecule has 2 fully saturated rings. The molecule has 108 valence electrons. The molecular weight excluding hydrogens is 252 g/mol. The highest BCUT2D eigenvalue weighted by atomic mass is 16.5. The summed E-state index contributed by atoms with van der Waals surface area (Å²) >= 11 is 0. The standard InChI is InChI=1S/C16H22N2O2/c1-20-13-8-6-12(7-9-13)17-16(19)15-10-11-4-2-3-5-14(11)18-15/h6-9,11,14-15,18H,2-5,10H2,1H3,(H,17,19). The number of fused-ring (bicyclic) bond motifs is 1. The summed E-state index contributed by atoms with van der Waals surface area (Å²) in [5, 5.41) is 6.49. The molecule has 1 aliphatic heterocycles. The lowest BCUT2D eigenvalue weighted by Crippen LogP contribution is -2.39. The molecule has 0 aromatic heterocycles. The summed E-state index contributed by atoms with van der Waals surface area (Å²) in [7, 11) is 1.64. The molecule has 1 aliphatic carbocycles. The maximum Gasteiger partial charge on any atom is 0.241 e. The lowest BCUT2D eigenvalue weighted by Gasteiger charge is -2.24. The van der Waals surface area contributed by atoms with Gasteiger partial charge >= 0.3 is 0 Å². The van der Waals surface area contributed by atoms with Gasteiger partial charge in [-0.25, -0.2) is 0 Å². The van der Waals surface area contributed by atoms with Crippen LogP contribution in [0.4, 0.5) is 5.69 Å². The third-order valence-electron chi connectivity index (χ3n) is 4.54. The Balaban J connectivity index is 1.59. The summed E-state index contributed by atoms with van der Waals surface area (Å²) in [6, 6.07) is 7.98. The molecule has 0 bridgehead atoms. The average molecular weight is 274 g/mol. The van der Waals surface area contributed by atoms with Crippen molar-refractivity contribution in [2.75, 3.05) is 12.4 Å². The molecule has 3 atom stereocenters. The number of anilines is 1. The minimum absolute atomic E-state index is 0.0369. The third-order valence-corrected chi connectivity index (χ3v) is 4.54. The molecule has 4 heteroatoms. The van der Waals surface area contributed by atoms with Gasteiger partial charge in [0, 0.05) is 11.7 Å². The Morgan fingerprint density at radius 2 is 2.00 bits per heavy atom. The molecule has 3 rings (SSSR count). The maximum atomic E-state index is 12.3. The number of hydrogen-bond acceptors (Lipinski definition) is 3.